The summed E-state index contributed by atoms with van der Waals surface area (Å²) in [6, 6.07) is 0. The molecule has 0 saturated carbocycles. The van der Waals surface area contributed by atoms with E-state index in [1.54, 1.807) is 0 Å². The van der Waals surface area contributed by atoms with Crippen LogP contribution in [0.5, 0.6) is 0 Å². The quantitative estimate of drug-likeness (QED) is 0.119. The summed E-state index contributed by atoms with van der Waals surface area (Å²) in [6.07, 6.45) is 26.4. The summed E-state index contributed by atoms with van der Waals surface area (Å²) < 4.78 is 12.5. The molecule has 176 valence electrons. The van der Waals surface area contributed by atoms with E-state index in [0.29, 0.717) is 6.10 Å². The van der Waals surface area contributed by atoms with Gasteiger partial charge in [-0.1, -0.05) is 123 Å². The van der Waals surface area contributed by atoms with E-state index >= 15 is 0 Å². The molecule has 2 nitrogen and oxygen atoms in total. The lowest BCUT2D eigenvalue weighted by molar-refractivity contribution is 0.122. The van der Waals surface area contributed by atoms with Gasteiger partial charge in [-0.05, 0) is 32.9 Å². The van der Waals surface area contributed by atoms with Gasteiger partial charge in [-0.15, -0.1) is 0 Å². The Kier molecular flexibility index (Phi) is 21.5. The second-order valence-electron chi connectivity index (χ2n) is 9.62. The van der Waals surface area contributed by atoms with Gasteiger partial charge in [-0.3, -0.25) is 0 Å². The van der Waals surface area contributed by atoms with E-state index in [0.717, 1.165) is 6.61 Å². The molecule has 0 heterocycles. The number of unbranched alkanes of at least 4 members (excludes halogenated alkanes) is 16. The van der Waals surface area contributed by atoms with Gasteiger partial charge in [0.05, 0.1) is 0 Å². The van der Waals surface area contributed by atoms with Crippen LogP contribution in [-0.4, -0.2) is 21.3 Å². The average molecular weight is 429 g/mol. The second kappa shape index (κ2) is 21.4. The first-order valence-corrected chi connectivity index (χ1v) is 16.1. The van der Waals surface area contributed by atoms with E-state index in [2.05, 4.69) is 33.9 Å². The number of rotatable bonds is 23. The third-order valence-corrected chi connectivity index (χ3v) is 7.77. The number of hydrogen-bond acceptors (Lipinski definition) is 2. The number of hydrogen-bond donors (Lipinski definition) is 0. The van der Waals surface area contributed by atoms with Gasteiger partial charge in [0.15, 0.2) is 0 Å². The summed E-state index contributed by atoms with van der Waals surface area (Å²) in [4.78, 5) is 0. The summed E-state index contributed by atoms with van der Waals surface area (Å²) in [5.41, 5.74) is 0. The molecular formula is C26H56O2Si. The third kappa shape index (κ3) is 22.6. The Morgan fingerprint density at radius 3 is 1.38 bits per heavy atom. The molecule has 0 aliphatic heterocycles. The Labute approximate surface area is 186 Å². The maximum atomic E-state index is 6.29. The molecule has 1 unspecified atom stereocenters. The van der Waals surface area contributed by atoms with Crippen LogP contribution >= 0.6 is 0 Å². The van der Waals surface area contributed by atoms with E-state index in [4.69, 9.17) is 8.85 Å². The minimum atomic E-state index is -1.95. The summed E-state index contributed by atoms with van der Waals surface area (Å²) in [5.74, 6) is 0. The Morgan fingerprint density at radius 2 is 0.931 bits per heavy atom. The lowest BCUT2D eigenvalue weighted by atomic mass is 10.1. The van der Waals surface area contributed by atoms with Crippen LogP contribution in [0.4, 0.5) is 0 Å². The fraction of sp³-hybridized carbons (Fsp3) is 1.00. The minimum Gasteiger partial charge on any atom is -0.395 e. The predicted molar refractivity (Wildman–Crippen MR) is 133 cm³/mol. The summed E-state index contributed by atoms with van der Waals surface area (Å²) in [6.45, 7) is 12.1. The lowest BCUT2D eigenvalue weighted by Gasteiger charge is -2.27. The maximum absolute atomic E-state index is 6.29. The fourth-order valence-electron chi connectivity index (χ4n) is 4.05. The molecule has 0 saturated heterocycles. The Balaban J connectivity index is 3.44. The molecule has 1 atom stereocenters. The van der Waals surface area contributed by atoms with Gasteiger partial charge < -0.3 is 8.85 Å². The van der Waals surface area contributed by atoms with Crippen LogP contribution in [0.2, 0.25) is 13.1 Å². The second-order valence-corrected chi connectivity index (χ2v) is 12.9. The molecule has 0 aromatic rings. The van der Waals surface area contributed by atoms with Crippen molar-refractivity contribution in [2.45, 2.75) is 162 Å². The molecule has 0 spiro atoms. The van der Waals surface area contributed by atoms with Crippen LogP contribution < -0.4 is 0 Å². The molecule has 29 heavy (non-hydrogen) atoms. The molecule has 0 N–H and O–H groups in total. The van der Waals surface area contributed by atoms with E-state index in [-0.39, 0.29) is 0 Å². The standard InChI is InChI=1S/C26H56O2Si/c1-6-8-10-12-14-15-16-17-18-19-21-23-25-27-29(4,5)28-26(3)24-22-20-13-11-9-7-2/h26H,6-25H2,1-5H3. The molecule has 0 aromatic heterocycles. The molecule has 0 aromatic carbocycles. The van der Waals surface area contributed by atoms with Crippen LogP contribution in [0.15, 0.2) is 0 Å². The predicted octanol–water partition coefficient (Wildman–Crippen LogP) is 9.56. The van der Waals surface area contributed by atoms with Crippen molar-refractivity contribution in [2.75, 3.05) is 6.61 Å². The SMILES string of the molecule is CCCCCCCCCCCCCCO[Si](C)(C)OC(C)CCCCCCCC. The van der Waals surface area contributed by atoms with Crippen molar-refractivity contribution in [3.05, 3.63) is 0 Å². The molecule has 0 fully saturated rings. The average Bonchev–Trinajstić information content (AvgIpc) is 2.67. The first-order chi connectivity index (χ1) is 14.0. The van der Waals surface area contributed by atoms with Gasteiger partial charge in [-0.2, -0.15) is 0 Å². The lowest BCUT2D eigenvalue weighted by Crippen LogP contribution is -2.38. The maximum Gasteiger partial charge on any atom is 0.331 e. The van der Waals surface area contributed by atoms with Gasteiger partial charge in [0, 0.05) is 12.7 Å². The zero-order valence-electron chi connectivity index (χ0n) is 21.0. The molecule has 0 rings (SSSR count). The van der Waals surface area contributed by atoms with Gasteiger partial charge in [0.1, 0.15) is 0 Å². The Morgan fingerprint density at radius 1 is 0.552 bits per heavy atom. The fourth-order valence-corrected chi connectivity index (χ4v) is 5.84. The third-order valence-electron chi connectivity index (χ3n) is 5.90. The van der Waals surface area contributed by atoms with Crippen LogP contribution in [0.1, 0.15) is 143 Å². The van der Waals surface area contributed by atoms with Crippen molar-refractivity contribution in [1.29, 1.82) is 0 Å². The molecule has 0 radical (unpaired) electrons. The van der Waals surface area contributed by atoms with Crippen molar-refractivity contribution in [3.63, 3.8) is 0 Å². The molecule has 3 heteroatoms. The van der Waals surface area contributed by atoms with Crippen LogP contribution in [-0.2, 0) is 8.85 Å². The first-order valence-electron chi connectivity index (χ1n) is 13.3. The topological polar surface area (TPSA) is 18.5 Å². The first kappa shape index (κ1) is 29.1. The molecule has 0 aliphatic rings. The van der Waals surface area contributed by atoms with Crippen LogP contribution in [0.3, 0.4) is 0 Å². The van der Waals surface area contributed by atoms with E-state index in [1.807, 2.05) is 0 Å². The van der Waals surface area contributed by atoms with Gasteiger partial charge in [0.2, 0.25) is 0 Å². The van der Waals surface area contributed by atoms with Gasteiger partial charge in [0.25, 0.3) is 0 Å². The van der Waals surface area contributed by atoms with Crippen molar-refractivity contribution in [3.8, 4) is 0 Å². The van der Waals surface area contributed by atoms with Crippen molar-refractivity contribution in [1.82, 2.24) is 0 Å². The van der Waals surface area contributed by atoms with E-state index in [9.17, 15) is 0 Å². The monoisotopic (exact) mass is 428 g/mol. The zero-order chi connectivity index (χ0) is 21.6. The van der Waals surface area contributed by atoms with Gasteiger partial charge in [-0.25, -0.2) is 0 Å². The Bertz CT molecular complexity index is 320. The molecule has 0 aliphatic carbocycles. The zero-order valence-corrected chi connectivity index (χ0v) is 22.0. The van der Waals surface area contributed by atoms with Gasteiger partial charge >= 0.3 is 8.56 Å². The highest BCUT2D eigenvalue weighted by Crippen LogP contribution is 2.17. The largest absolute Gasteiger partial charge is 0.395 e. The molecule has 0 bridgehead atoms. The van der Waals surface area contributed by atoms with Crippen molar-refractivity contribution in [2.24, 2.45) is 0 Å². The van der Waals surface area contributed by atoms with E-state index < -0.39 is 8.56 Å². The van der Waals surface area contributed by atoms with Crippen molar-refractivity contribution >= 4 is 8.56 Å². The summed E-state index contributed by atoms with van der Waals surface area (Å²) in [5, 5.41) is 0. The normalized spacial score (nSPS) is 13.1. The highest BCUT2D eigenvalue weighted by atomic mass is 28.4. The highest BCUT2D eigenvalue weighted by molar-refractivity contribution is 6.64. The minimum absolute atomic E-state index is 0.352. The summed E-state index contributed by atoms with van der Waals surface area (Å²) >= 11 is 0. The smallest absolute Gasteiger partial charge is 0.331 e. The van der Waals surface area contributed by atoms with Crippen LogP contribution in [0.25, 0.3) is 0 Å². The Hall–Kier alpha value is 0.137. The van der Waals surface area contributed by atoms with Crippen molar-refractivity contribution < 1.29 is 8.85 Å². The van der Waals surface area contributed by atoms with E-state index in [1.165, 1.54) is 122 Å². The molecule has 0 amide bonds. The molecular weight excluding hydrogens is 372 g/mol. The van der Waals surface area contributed by atoms with Crippen LogP contribution in [0, 0.1) is 0 Å². The highest BCUT2D eigenvalue weighted by Gasteiger charge is 2.26. The summed E-state index contributed by atoms with van der Waals surface area (Å²) in [7, 11) is -1.95.